The molecule has 0 aromatic carbocycles. The van der Waals surface area contributed by atoms with E-state index in [9.17, 15) is 9.59 Å². The summed E-state index contributed by atoms with van der Waals surface area (Å²) in [7, 11) is 0. The van der Waals surface area contributed by atoms with Crippen LogP contribution >= 0.6 is 11.6 Å². The first-order valence-corrected chi connectivity index (χ1v) is 4.15. The van der Waals surface area contributed by atoms with Gasteiger partial charge in [0.1, 0.15) is 5.02 Å². The van der Waals surface area contributed by atoms with E-state index in [2.05, 4.69) is 4.98 Å². The van der Waals surface area contributed by atoms with Crippen molar-refractivity contribution in [3.8, 4) is 0 Å². The van der Waals surface area contributed by atoms with E-state index < -0.39 is 11.2 Å². The predicted molar refractivity (Wildman–Crippen MR) is 50.0 cm³/mol. The van der Waals surface area contributed by atoms with Crippen LogP contribution < -0.4 is 17.0 Å². The Morgan fingerprint density at radius 2 is 2.08 bits per heavy atom. The smallest absolute Gasteiger partial charge is 0.325 e. The van der Waals surface area contributed by atoms with Crippen molar-refractivity contribution in [2.24, 2.45) is 5.73 Å². The summed E-state index contributed by atoms with van der Waals surface area (Å²) in [6, 6.07) is -0.157. The highest BCUT2D eigenvalue weighted by Gasteiger charge is 2.07. The minimum absolute atomic E-state index is 0.00287. The first-order chi connectivity index (χ1) is 6.00. The summed E-state index contributed by atoms with van der Waals surface area (Å²) in [5, 5.41) is -0.00287. The maximum atomic E-state index is 11.0. The van der Waals surface area contributed by atoms with E-state index in [0.717, 1.165) is 0 Å². The molecule has 0 bridgehead atoms. The molecule has 1 unspecified atom stereocenters. The second kappa shape index (κ2) is 3.76. The van der Waals surface area contributed by atoms with Gasteiger partial charge >= 0.3 is 5.69 Å². The lowest BCUT2D eigenvalue weighted by molar-refractivity contribution is 0.714. The molecule has 0 fully saturated rings. The van der Waals surface area contributed by atoms with Gasteiger partial charge in [-0.2, -0.15) is 0 Å². The molecule has 1 aromatic rings. The van der Waals surface area contributed by atoms with Crippen molar-refractivity contribution in [2.45, 2.75) is 19.4 Å². The molecular formula is C7H10ClN3O2. The Balaban J connectivity index is 3.21. The summed E-state index contributed by atoms with van der Waals surface area (Å²) in [6.07, 6.45) is 0.373. The lowest BCUT2D eigenvalue weighted by Gasteiger charge is -2.05. The van der Waals surface area contributed by atoms with Gasteiger partial charge in [-0.25, -0.2) is 4.79 Å². The maximum absolute atomic E-state index is 11.0. The van der Waals surface area contributed by atoms with Gasteiger partial charge in [-0.15, -0.1) is 0 Å². The molecule has 1 aromatic heterocycles. The molecule has 72 valence electrons. The summed E-state index contributed by atoms with van der Waals surface area (Å²) in [5.74, 6) is 0. The summed E-state index contributed by atoms with van der Waals surface area (Å²) in [4.78, 5) is 26.3. The van der Waals surface area contributed by atoms with E-state index in [1.54, 1.807) is 6.92 Å². The van der Waals surface area contributed by atoms with Crippen LogP contribution in [-0.2, 0) is 6.42 Å². The molecule has 0 amide bonds. The summed E-state index contributed by atoms with van der Waals surface area (Å²) in [5.41, 5.74) is 4.73. The zero-order chi connectivity index (χ0) is 10.0. The van der Waals surface area contributed by atoms with Crippen molar-refractivity contribution < 1.29 is 0 Å². The molecule has 13 heavy (non-hydrogen) atoms. The number of halogens is 1. The highest BCUT2D eigenvalue weighted by Crippen LogP contribution is 2.06. The van der Waals surface area contributed by atoms with Gasteiger partial charge in [0.2, 0.25) is 0 Å². The van der Waals surface area contributed by atoms with Crippen LogP contribution in [0.2, 0.25) is 5.02 Å². The second-order valence-electron chi connectivity index (χ2n) is 2.88. The molecular weight excluding hydrogens is 194 g/mol. The quantitative estimate of drug-likeness (QED) is 0.611. The van der Waals surface area contributed by atoms with Gasteiger partial charge in [0.25, 0.3) is 5.56 Å². The molecule has 1 heterocycles. The Morgan fingerprint density at radius 3 is 2.62 bits per heavy atom. The number of hydrogen-bond donors (Lipinski definition) is 3. The molecule has 4 N–H and O–H groups in total. The van der Waals surface area contributed by atoms with Gasteiger partial charge in [-0.3, -0.25) is 9.78 Å². The van der Waals surface area contributed by atoms with Crippen molar-refractivity contribution in [3.05, 3.63) is 31.6 Å². The molecule has 5 nitrogen and oxygen atoms in total. The third-order valence-corrected chi connectivity index (χ3v) is 1.88. The Kier molecular flexibility index (Phi) is 2.90. The Bertz CT molecular complexity index is 407. The largest absolute Gasteiger partial charge is 0.328 e. The van der Waals surface area contributed by atoms with E-state index in [0.29, 0.717) is 12.1 Å². The third kappa shape index (κ3) is 2.43. The Hall–Kier alpha value is -1.07. The molecule has 0 aliphatic carbocycles. The molecule has 0 radical (unpaired) electrons. The lowest BCUT2D eigenvalue weighted by Crippen LogP contribution is -2.28. The first kappa shape index (κ1) is 10.0. The average Bonchev–Trinajstić information content (AvgIpc) is 1.98. The minimum atomic E-state index is -0.582. The van der Waals surface area contributed by atoms with E-state index in [1.165, 1.54) is 0 Å². The fourth-order valence-corrected chi connectivity index (χ4v) is 1.15. The van der Waals surface area contributed by atoms with Gasteiger partial charge < -0.3 is 10.7 Å². The van der Waals surface area contributed by atoms with Crippen molar-refractivity contribution in [3.63, 3.8) is 0 Å². The van der Waals surface area contributed by atoms with Crippen molar-refractivity contribution in [2.75, 3.05) is 0 Å². The SMILES string of the molecule is CC(N)Cc1[nH]c(=O)[nH]c(=O)c1Cl. The number of nitrogens with two attached hydrogens (primary N) is 1. The number of rotatable bonds is 2. The first-order valence-electron chi connectivity index (χ1n) is 3.77. The van der Waals surface area contributed by atoms with Crippen LogP contribution in [0.3, 0.4) is 0 Å². The van der Waals surface area contributed by atoms with E-state index >= 15 is 0 Å². The highest BCUT2D eigenvalue weighted by atomic mass is 35.5. The molecule has 0 saturated carbocycles. The van der Waals surface area contributed by atoms with Crippen molar-refractivity contribution >= 4 is 11.6 Å². The average molecular weight is 204 g/mol. The third-order valence-electron chi connectivity index (χ3n) is 1.48. The van der Waals surface area contributed by atoms with E-state index in [4.69, 9.17) is 17.3 Å². The predicted octanol–water partition coefficient (Wildman–Crippen LogP) is -0.394. The van der Waals surface area contributed by atoms with Crippen LogP contribution in [0.1, 0.15) is 12.6 Å². The summed E-state index contributed by atoms with van der Waals surface area (Å²) in [6.45, 7) is 1.76. The number of nitrogens with one attached hydrogen (secondary N) is 2. The Morgan fingerprint density at radius 1 is 1.46 bits per heavy atom. The zero-order valence-electron chi connectivity index (χ0n) is 7.06. The number of aromatic amines is 2. The van der Waals surface area contributed by atoms with Crippen LogP contribution in [0.4, 0.5) is 0 Å². The fraction of sp³-hybridized carbons (Fsp3) is 0.429. The molecule has 0 spiro atoms. The monoisotopic (exact) mass is 203 g/mol. The lowest BCUT2D eigenvalue weighted by atomic mass is 10.2. The maximum Gasteiger partial charge on any atom is 0.325 e. The molecule has 0 aliphatic rings. The molecule has 0 aliphatic heterocycles. The van der Waals surface area contributed by atoms with E-state index in [-0.39, 0.29) is 11.1 Å². The summed E-state index contributed by atoms with van der Waals surface area (Å²) < 4.78 is 0. The standard InChI is InChI=1S/C7H10ClN3O2/c1-3(9)2-4-5(8)6(12)11-7(13)10-4/h3H,2,9H2,1H3,(H2,10,11,12,13). The minimum Gasteiger partial charge on any atom is -0.328 e. The van der Waals surface area contributed by atoms with E-state index in [1.807, 2.05) is 4.98 Å². The Labute approximate surface area is 78.9 Å². The number of H-pyrrole nitrogens is 2. The molecule has 1 rings (SSSR count). The van der Waals surface area contributed by atoms with Crippen LogP contribution in [-0.4, -0.2) is 16.0 Å². The molecule has 6 heteroatoms. The van der Waals surface area contributed by atoms with Gasteiger partial charge in [-0.1, -0.05) is 11.6 Å². The van der Waals surface area contributed by atoms with Crippen LogP contribution in [0.15, 0.2) is 9.59 Å². The zero-order valence-corrected chi connectivity index (χ0v) is 7.81. The van der Waals surface area contributed by atoms with Crippen LogP contribution in [0.25, 0.3) is 0 Å². The molecule has 1 atom stereocenters. The fourth-order valence-electron chi connectivity index (χ4n) is 0.981. The van der Waals surface area contributed by atoms with Gasteiger partial charge in [0.15, 0.2) is 0 Å². The molecule has 0 saturated heterocycles. The summed E-state index contributed by atoms with van der Waals surface area (Å²) >= 11 is 5.64. The van der Waals surface area contributed by atoms with Gasteiger partial charge in [-0.05, 0) is 6.92 Å². The highest BCUT2D eigenvalue weighted by molar-refractivity contribution is 6.30. The van der Waals surface area contributed by atoms with Gasteiger partial charge in [0.05, 0.1) is 0 Å². The second-order valence-corrected chi connectivity index (χ2v) is 3.26. The topological polar surface area (TPSA) is 91.7 Å². The van der Waals surface area contributed by atoms with Crippen LogP contribution in [0, 0.1) is 0 Å². The number of aromatic nitrogens is 2. The van der Waals surface area contributed by atoms with Crippen molar-refractivity contribution in [1.82, 2.24) is 9.97 Å². The van der Waals surface area contributed by atoms with Crippen LogP contribution in [0.5, 0.6) is 0 Å². The normalized spacial score (nSPS) is 12.8. The number of hydrogen-bond acceptors (Lipinski definition) is 3. The van der Waals surface area contributed by atoms with Gasteiger partial charge in [0, 0.05) is 18.2 Å². The van der Waals surface area contributed by atoms with Crippen molar-refractivity contribution in [1.29, 1.82) is 0 Å².